The molecule has 2 aromatic heterocycles. The predicted molar refractivity (Wildman–Crippen MR) is 83.6 cm³/mol. The molecule has 0 spiro atoms. The Morgan fingerprint density at radius 2 is 2.21 bits per heavy atom. The number of aryl methyl sites for hydroxylation is 1. The molecule has 0 unspecified atom stereocenters. The van der Waals surface area contributed by atoms with E-state index in [0.717, 1.165) is 40.1 Å². The molecule has 2 aromatic rings. The van der Waals surface area contributed by atoms with Crippen LogP contribution in [-0.2, 0) is 0 Å². The lowest BCUT2D eigenvalue weighted by atomic mass is 10.1. The van der Waals surface area contributed by atoms with Gasteiger partial charge in [-0.3, -0.25) is 0 Å². The summed E-state index contributed by atoms with van der Waals surface area (Å²) in [6.07, 6.45) is 4.16. The average Bonchev–Trinajstić information content (AvgIpc) is 2.38. The first kappa shape index (κ1) is 14.0. The van der Waals surface area contributed by atoms with Gasteiger partial charge in [0.2, 0.25) is 0 Å². The zero-order chi connectivity index (χ0) is 13.8. The molecule has 0 fully saturated rings. The molecule has 1 N–H and O–H groups in total. The summed E-state index contributed by atoms with van der Waals surface area (Å²) in [5, 5.41) is 1.12. The van der Waals surface area contributed by atoms with E-state index in [1.807, 2.05) is 17.7 Å². The van der Waals surface area contributed by atoms with E-state index in [1.165, 1.54) is 6.42 Å². The van der Waals surface area contributed by atoms with Gasteiger partial charge in [0, 0.05) is 18.1 Å². The van der Waals surface area contributed by atoms with Crippen molar-refractivity contribution in [2.24, 2.45) is 5.92 Å². The zero-order valence-electron chi connectivity index (χ0n) is 11.8. The van der Waals surface area contributed by atoms with Crippen LogP contribution in [0.25, 0.3) is 11.0 Å². The Balaban J connectivity index is 2.26. The van der Waals surface area contributed by atoms with Gasteiger partial charge < -0.3 is 5.43 Å². The van der Waals surface area contributed by atoms with Crippen LogP contribution >= 0.6 is 12.2 Å². The van der Waals surface area contributed by atoms with Crippen molar-refractivity contribution in [3.63, 3.8) is 0 Å². The van der Waals surface area contributed by atoms with Crippen LogP contribution in [0.1, 0.15) is 32.3 Å². The van der Waals surface area contributed by atoms with Crippen LogP contribution in [0.4, 0.5) is 0 Å². The largest absolute Gasteiger partial charge is 0.323 e. The van der Waals surface area contributed by atoms with Crippen molar-refractivity contribution < 1.29 is 0 Å². The Kier molecular flexibility index (Phi) is 4.53. The monoisotopic (exact) mass is 275 g/mol. The number of hydrogen-bond donors (Lipinski definition) is 1. The van der Waals surface area contributed by atoms with Gasteiger partial charge in [-0.1, -0.05) is 26.1 Å². The first-order valence-corrected chi connectivity index (χ1v) is 7.21. The van der Waals surface area contributed by atoms with Crippen LogP contribution in [0.15, 0.2) is 24.4 Å². The number of pyridine rings is 2. The molecule has 0 bridgehead atoms. The molecule has 2 rings (SSSR count). The SMILES string of the molecule is Cc1cc2cccnc2n(NCCCC(C)C)c1=S. The van der Waals surface area contributed by atoms with Crippen LogP contribution < -0.4 is 5.43 Å². The molecule has 102 valence electrons. The Labute approximate surface area is 119 Å². The molecule has 0 atom stereocenters. The highest BCUT2D eigenvalue weighted by Crippen LogP contribution is 2.14. The van der Waals surface area contributed by atoms with Gasteiger partial charge in [0.1, 0.15) is 4.64 Å². The van der Waals surface area contributed by atoms with Crippen molar-refractivity contribution in [3.05, 3.63) is 34.6 Å². The van der Waals surface area contributed by atoms with Crippen molar-refractivity contribution in [1.29, 1.82) is 0 Å². The first-order valence-electron chi connectivity index (χ1n) is 6.81. The summed E-state index contributed by atoms with van der Waals surface area (Å²) in [5.41, 5.74) is 5.41. The van der Waals surface area contributed by atoms with E-state index in [4.69, 9.17) is 12.2 Å². The second-order valence-corrected chi connectivity index (χ2v) is 5.72. The number of nitrogens with zero attached hydrogens (tertiary/aromatic N) is 2. The molecule has 0 saturated heterocycles. The van der Waals surface area contributed by atoms with E-state index in [0.29, 0.717) is 0 Å². The maximum Gasteiger partial charge on any atom is 0.159 e. The van der Waals surface area contributed by atoms with Gasteiger partial charge in [0.05, 0.1) is 0 Å². The quantitative estimate of drug-likeness (QED) is 0.659. The summed E-state index contributed by atoms with van der Waals surface area (Å²) < 4.78 is 2.76. The van der Waals surface area contributed by atoms with E-state index in [-0.39, 0.29) is 0 Å². The number of nitrogens with one attached hydrogen (secondary N) is 1. The van der Waals surface area contributed by atoms with Crippen LogP contribution in [0, 0.1) is 17.5 Å². The normalized spacial score (nSPS) is 11.2. The maximum absolute atomic E-state index is 5.48. The third-order valence-corrected chi connectivity index (χ3v) is 3.67. The molecule has 0 saturated carbocycles. The van der Waals surface area contributed by atoms with Crippen LogP contribution in [0.5, 0.6) is 0 Å². The van der Waals surface area contributed by atoms with E-state index in [1.54, 1.807) is 6.20 Å². The fourth-order valence-electron chi connectivity index (χ4n) is 2.12. The summed E-state index contributed by atoms with van der Waals surface area (Å²) in [4.78, 5) is 4.43. The number of aromatic nitrogens is 2. The third-order valence-electron chi connectivity index (χ3n) is 3.17. The van der Waals surface area contributed by atoms with Gasteiger partial charge in [-0.2, -0.15) is 0 Å². The Hall–Kier alpha value is -1.42. The van der Waals surface area contributed by atoms with Gasteiger partial charge in [-0.15, -0.1) is 0 Å². The highest BCUT2D eigenvalue weighted by Gasteiger charge is 2.04. The van der Waals surface area contributed by atoms with E-state index in [2.05, 4.69) is 36.4 Å². The highest BCUT2D eigenvalue weighted by atomic mass is 32.1. The van der Waals surface area contributed by atoms with E-state index in [9.17, 15) is 0 Å². The summed E-state index contributed by atoms with van der Waals surface area (Å²) in [6, 6.07) is 6.11. The van der Waals surface area contributed by atoms with Crippen LogP contribution in [-0.4, -0.2) is 16.2 Å². The Morgan fingerprint density at radius 1 is 1.42 bits per heavy atom. The molecule has 0 aliphatic rings. The molecule has 0 aliphatic carbocycles. The number of hydrogen-bond acceptors (Lipinski definition) is 3. The summed E-state index contributed by atoms with van der Waals surface area (Å²) >= 11 is 5.48. The summed E-state index contributed by atoms with van der Waals surface area (Å²) in [6.45, 7) is 7.45. The fraction of sp³-hybridized carbons (Fsp3) is 0.467. The smallest absolute Gasteiger partial charge is 0.159 e. The van der Waals surface area contributed by atoms with Crippen molar-refractivity contribution >= 4 is 23.3 Å². The van der Waals surface area contributed by atoms with Crippen molar-refractivity contribution in [2.75, 3.05) is 12.0 Å². The Morgan fingerprint density at radius 3 is 2.95 bits per heavy atom. The molecule has 2 heterocycles. The van der Waals surface area contributed by atoms with Gasteiger partial charge in [0.15, 0.2) is 5.65 Å². The molecule has 0 radical (unpaired) electrons. The van der Waals surface area contributed by atoms with Crippen LogP contribution in [0.3, 0.4) is 0 Å². The second-order valence-electron chi connectivity index (χ2n) is 5.33. The van der Waals surface area contributed by atoms with Gasteiger partial charge in [0.25, 0.3) is 0 Å². The number of rotatable bonds is 5. The molecule has 19 heavy (non-hydrogen) atoms. The molecular formula is C15H21N3S. The average molecular weight is 275 g/mol. The minimum atomic E-state index is 0.738. The van der Waals surface area contributed by atoms with Crippen molar-refractivity contribution in [3.8, 4) is 0 Å². The second kappa shape index (κ2) is 6.15. The minimum absolute atomic E-state index is 0.738. The minimum Gasteiger partial charge on any atom is -0.323 e. The maximum atomic E-state index is 5.48. The fourth-order valence-corrected chi connectivity index (χ4v) is 2.33. The molecule has 0 amide bonds. The molecule has 4 heteroatoms. The van der Waals surface area contributed by atoms with E-state index < -0.39 is 0 Å². The topological polar surface area (TPSA) is 29.9 Å². The molecular weight excluding hydrogens is 254 g/mol. The van der Waals surface area contributed by atoms with Crippen LogP contribution in [0.2, 0.25) is 0 Å². The molecule has 0 aromatic carbocycles. The standard InChI is InChI=1S/C15H21N3S/c1-11(2)6-4-9-17-18-14-13(7-5-8-16-14)10-12(3)15(18)19/h5,7-8,10-11,17H,4,6,9H2,1-3H3. The zero-order valence-corrected chi connectivity index (χ0v) is 12.6. The molecule has 3 nitrogen and oxygen atoms in total. The van der Waals surface area contributed by atoms with Gasteiger partial charge >= 0.3 is 0 Å². The third kappa shape index (κ3) is 3.32. The number of fused-ring (bicyclic) bond motifs is 1. The van der Waals surface area contributed by atoms with Crippen molar-refractivity contribution in [1.82, 2.24) is 9.66 Å². The van der Waals surface area contributed by atoms with Gasteiger partial charge in [-0.05, 0) is 49.4 Å². The van der Waals surface area contributed by atoms with Gasteiger partial charge in [-0.25, -0.2) is 9.66 Å². The first-order chi connectivity index (χ1) is 9.09. The predicted octanol–water partition coefficient (Wildman–Crippen LogP) is 4.05. The summed E-state index contributed by atoms with van der Waals surface area (Å²) in [7, 11) is 0. The van der Waals surface area contributed by atoms with E-state index >= 15 is 0 Å². The lowest BCUT2D eigenvalue weighted by Crippen LogP contribution is -2.19. The Bertz CT molecular complexity index is 616. The van der Waals surface area contributed by atoms with Crippen molar-refractivity contribution in [2.45, 2.75) is 33.6 Å². The summed E-state index contributed by atoms with van der Waals surface area (Å²) in [5.74, 6) is 0.738. The molecule has 0 aliphatic heterocycles. The highest BCUT2D eigenvalue weighted by molar-refractivity contribution is 7.71. The lowest BCUT2D eigenvalue weighted by molar-refractivity contribution is 0.558. The lowest BCUT2D eigenvalue weighted by Gasteiger charge is -2.15.